The van der Waals surface area contributed by atoms with Crippen molar-refractivity contribution in [2.75, 3.05) is 6.54 Å². The molecule has 2 aliphatic rings. The molecule has 2 fully saturated rings. The highest BCUT2D eigenvalue weighted by atomic mass is 19.4. The van der Waals surface area contributed by atoms with E-state index in [1.54, 1.807) is 0 Å². The van der Waals surface area contributed by atoms with Crippen LogP contribution in [0.15, 0.2) is 66.7 Å². The van der Waals surface area contributed by atoms with Crippen LogP contribution in [0.3, 0.4) is 0 Å². The number of ether oxygens (including phenoxy) is 1. The number of alkyl halides is 6. The summed E-state index contributed by atoms with van der Waals surface area (Å²) < 4.78 is 101. The Labute approximate surface area is 253 Å². The molecule has 13 heteroatoms. The van der Waals surface area contributed by atoms with Gasteiger partial charge in [-0.2, -0.15) is 31.6 Å². The van der Waals surface area contributed by atoms with Crippen molar-refractivity contribution in [3.63, 3.8) is 0 Å². The van der Waals surface area contributed by atoms with Gasteiger partial charge in [0.25, 0.3) is 5.91 Å². The number of rotatable bonds is 6. The maximum absolute atomic E-state index is 13.8. The summed E-state index contributed by atoms with van der Waals surface area (Å²) in [5.74, 6) is -1.97. The van der Waals surface area contributed by atoms with Gasteiger partial charge in [-0.1, -0.05) is 12.1 Å². The fourth-order valence-electron chi connectivity index (χ4n) is 6.03. The van der Waals surface area contributed by atoms with Crippen molar-refractivity contribution in [2.45, 2.75) is 62.3 Å². The highest BCUT2D eigenvalue weighted by Crippen LogP contribution is 2.44. The number of nitriles is 1. The van der Waals surface area contributed by atoms with Crippen LogP contribution in [0, 0.1) is 17.1 Å². The number of fused-ring (bicyclic) bond motifs is 1. The Bertz CT molecular complexity index is 1580. The summed E-state index contributed by atoms with van der Waals surface area (Å²) in [6.45, 7) is 1.31. The van der Waals surface area contributed by atoms with E-state index in [2.05, 4.69) is 5.32 Å². The van der Waals surface area contributed by atoms with Gasteiger partial charge in [0.05, 0.1) is 35.0 Å². The monoisotopic (exact) mass is 633 g/mol. The molecule has 5 atom stereocenters. The van der Waals surface area contributed by atoms with E-state index < -0.39 is 65.4 Å². The van der Waals surface area contributed by atoms with Crippen molar-refractivity contribution in [3.8, 4) is 6.07 Å². The minimum Gasteiger partial charge on any atom is -0.368 e. The predicted molar refractivity (Wildman–Crippen MR) is 146 cm³/mol. The van der Waals surface area contributed by atoms with E-state index in [1.807, 2.05) is 6.07 Å². The van der Waals surface area contributed by atoms with Crippen LogP contribution < -0.4 is 5.32 Å². The largest absolute Gasteiger partial charge is 0.416 e. The number of nitrogens with zero attached hydrogens (tertiary/aromatic N) is 2. The van der Waals surface area contributed by atoms with Gasteiger partial charge in [-0.05, 0) is 79.1 Å². The van der Waals surface area contributed by atoms with E-state index in [0.717, 1.165) is 0 Å². The van der Waals surface area contributed by atoms with Gasteiger partial charge in [0.15, 0.2) is 0 Å². The van der Waals surface area contributed by atoms with Gasteiger partial charge in [0.1, 0.15) is 5.82 Å². The molecule has 0 aliphatic carbocycles. The van der Waals surface area contributed by atoms with Gasteiger partial charge in [-0.3, -0.25) is 9.59 Å². The van der Waals surface area contributed by atoms with Gasteiger partial charge in [0.2, 0.25) is 5.91 Å². The molecule has 236 valence electrons. The van der Waals surface area contributed by atoms with Crippen molar-refractivity contribution in [2.24, 2.45) is 0 Å². The zero-order valence-electron chi connectivity index (χ0n) is 23.6. The first-order valence-electron chi connectivity index (χ1n) is 13.9. The van der Waals surface area contributed by atoms with E-state index in [1.165, 1.54) is 60.4 Å². The maximum atomic E-state index is 13.8. The zero-order chi connectivity index (χ0) is 32.7. The molecule has 3 aromatic rings. The lowest BCUT2D eigenvalue weighted by Crippen LogP contribution is -2.51. The average molecular weight is 634 g/mol. The maximum Gasteiger partial charge on any atom is 0.416 e. The number of benzene rings is 3. The third kappa shape index (κ3) is 6.96. The number of nitrogens with one attached hydrogen (secondary N) is 1. The van der Waals surface area contributed by atoms with Crippen molar-refractivity contribution >= 4 is 11.8 Å². The van der Waals surface area contributed by atoms with Gasteiger partial charge >= 0.3 is 12.4 Å². The molecule has 0 radical (unpaired) electrons. The summed E-state index contributed by atoms with van der Waals surface area (Å²) in [5, 5.41) is 11.8. The molecule has 3 aromatic carbocycles. The van der Waals surface area contributed by atoms with Crippen molar-refractivity contribution in [1.29, 1.82) is 5.26 Å². The molecule has 2 unspecified atom stereocenters. The molecule has 2 aliphatic heterocycles. The number of carbonyl (C=O) groups excluding carboxylic acids is 2. The van der Waals surface area contributed by atoms with Crippen LogP contribution in [0.25, 0.3) is 0 Å². The second-order valence-corrected chi connectivity index (χ2v) is 11.1. The first kappa shape index (κ1) is 32.0. The fourth-order valence-corrected chi connectivity index (χ4v) is 6.03. The first-order valence-corrected chi connectivity index (χ1v) is 13.9. The first-order chi connectivity index (χ1) is 21.1. The molecule has 1 N–H and O–H groups in total. The van der Waals surface area contributed by atoms with Crippen LogP contribution in [0.4, 0.5) is 30.7 Å². The summed E-state index contributed by atoms with van der Waals surface area (Å²) in [4.78, 5) is 27.8. The minimum atomic E-state index is -5.04. The summed E-state index contributed by atoms with van der Waals surface area (Å²) in [7, 11) is 0. The van der Waals surface area contributed by atoms with Gasteiger partial charge < -0.3 is 15.0 Å². The Kier molecular flexibility index (Phi) is 8.64. The fraction of sp³-hybridized carbons (Fsp3) is 0.344. The molecule has 0 bridgehead atoms. The number of piperidine rings is 1. The predicted octanol–water partition coefficient (Wildman–Crippen LogP) is 6.77. The van der Waals surface area contributed by atoms with Crippen molar-refractivity contribution < 1.29 is 45.1 Å². The second-order valence-electron chi connectivity index (χ2n) is 11.1. The third-order valence-electron chi connectivity index (χ3n) is 8.18. The smallest absolute Gasteiger partial charge is 0.368 e. The standard InChI is InChI=1S/C32H26F7N3O3/c1-17(21-10-22(31(34,35)36)12-23(11-21)32(37,38)39)45-27-16-42-26(29(27)19-6-8-24(33)9-7-19)13-25(14-28(42)43)41-30(44)20-4-2-18(15-40)3-5-20/h2-12,17,25-27,29H,13-14,16H2,1H3,(H,41,44)/t17-,25?,26+,27+,29?/m1/s1. The van der Waals surface area contributed by atoms with Crippen LogP contribution in [-0.2, 0) is 21.9 Å². The van der Waals surface area contributed by atoms with Crippen LogP contribution in [0.5, 0.6) is 0 Å². The zero-order valence-corrected chi connectivity index (χ0v) is 23.6. The molecule has 2 amide bonds. The molecule has 0 saturated carbocycles. The van der Waals surface area contributed by atoms with Gasteiger partial charge in [-0.15, -0.1) is 0 Å². The van der Waals surface area contributed by atoms with Gasteiger partial charge in [0, 0.05) is 36.5 Å². The molecule has 6 nitrogen and oxygen atoms in total. The molecule has 5 rings (SSSR count). The van der Waals surface area contributed by atoms with Crippen LogP contribution >= 0.6 is 0 Å². The molecular weight excluding hydrogens is 607 g/mol. The molecule has 0 spiro atoms. The summed E-state index contributed by atoms with van der Waals surface area (Å²) in [5.41, 5.74) is -2.11. The third-order valence-corrected chi connectivity index (χ3v) is 8.18. The number of halogens is 7. The molecule has 0 aromatic heterocycles. The lowest BCUT2D eigenvalue weighted by molar-refractivity contribution is -0.143. The number of hydrogen-bond acceptors (Lipinski definition) is 4. The lowest BCUT2D eigenvalue weighted by Gasteiger charge is -2.37. The highest BCUT2D eigenvalue weighted by Gasteiger charge is 2.49. The molecule has 2 heterocycles. The summed E-state index contributed by atoms with van der Waals surface area (Å²) in [6, 6.07) is 13.3. The van der Waals surface area contributed by atoms with Crippen LogP contribution in [0.1, 0.15) is 70.0 Å². The van der Waals surface area contributed by atoms with E-state index in [4.69, 9.17) is 10.00 Å². The minimum absolute atomic E-state index is 0.0166. The number of carbonyl (C=O) groups is 2. The number of hydrogen-bond donors (Lipinski definition) is 1. The summed E-state index contributed by atoms with van der Waals surface area (Å²) in [6.07, 6.45) is -12.0. The Hall–Kier alpha value is -4.44. The average Bonchev–Trinajstić information content (AvgIpc) is 3.34. The summed E-state index contributed by atoms with van der Waals surface area (Å²) >= 11 is 0. The highest BCUT2D eigenvalue weighted by molar-refractivity contribution is 5.95. The van der Waals surface area contributed by atoms with Crippen molar-refractivity contribution in [1.82, 2.24) is 10.2 Å². The topological polar surface area (TPSA) is 82.4 Å². The Balaban J connectivity index is 1.42. The second kappa shape index (κ2) is 12.2. The Morgan fingerprint density at radius 2 is 1.58 bits per heavy atom. The molecule has 2 saturated heterocycles. The normalized spacial score (nSPS) is 22.5. The quantitative estimate of drug-likeness (QED) is 0.304. The van der Waals surface area contributed by atoms with E-state index in [9.17, 15) is 40.3 Å². The van der Waals surface area contributed by atoms with Crippen LogP contribution in [0.2, 0.25) is 0 Å². The van der Waals surface area contributed by atoms with Crippen LogP contribution in [-0.4, -0.2) is 41.4 Å². The van der Waals surface area contributed by atoms with Gasteiger partial charge in [-0.25, -0.2) is 4.39 Å². The SMILES string of the molecule is C[C@@H](O[C@H]1CN2C(=O)CC(NC(=O)c3ccc(C#N)cc3)C[C@H]2C1c1ccc(F)cc1)c1cc(C(F)(F)F)cc(C(F)(F)F)c1. The molecular formula is C32H26F7N3O3. The van der Waals surface area contributed by atoms with E-state index >= 15 is 0 Å². The molecule has 45 heavy (non-hydrogen) atoms. The Morgan fingerprint density at radius 3 is 2.13 bits per heavy atom. The Morgan fingerprint density at radius 1 is 0.978 bits per heavy atom. The van der Waals surface area contributed by atoms with Crippen molar-refractivity contribution in [3.05, 3.63) is 106 Å². The van der Waals surface area contributed by atoms with E-state index in [0.29, 0.717) is 23.3 Å². The van der Waals surface area contributed by atoms with E-state index in [-0.39, 0.29) is 42.5 Å². The number of amides is 2. The lowest BCUT2D eigenvalue weighted by atomic mass is 9.84.